The monoisotopic (exact) mass is 340 g/mol. The first-order valence-electron chi connectivity index (χ1n) is 7.85. The quantitative estimate of drug-likeness (QED) is 0.895. The molecule has 1 amide bonds. The van der Waals surface area contributed by atoms with Gasteiger partial charge in [-0.05, 0) is 30.0 Å². The van der Waals surface area contributed by atoms with Gasteiger partial charge in [0.1, 0.15) is 0 Å². The van der Waals surface area contributed by atoms with Crippen molar-refractivity contribution >= 4 is 17.5 Å². The minimum atomic E-state index is 0.155. The van der Waals surface area contributed by atoms with Crippen LogP contribution in [0.4, 0.5) is 0 Å². The molecule has 5 nitrogen and oxygen atoms in total. The van der Waals surface area contributed by atoms with E-state index < -0.39 is 0 Å². The fraction of sp³-hybridized carbons (Fsp3) is 0.588. The van der Waals surface area contributed by atoms with Crippen molar-refractivity contribution in [3.05, 3.63) is 22.7 Å². The third-order valence-corrected chi connectivity index (χ3v) is 4.69. The number of nitrogens with zero attached hydrogens (tertiary/aromatic N) is 1. The van der Waals surface area contributed by atoms with Crippen LogP contribution in [0.2, 0.25) is 5.02 Å². The van der Waals surface area contributed by atoms with E-state index >= 15 is 0 Å². The number of methoxy groups -OCH3 is 2. The molecule has 0 aromatic heterocycles. The van der Waals surface area contributed by atoms with Crippen molar-refractivity contribution in [2.75, 3.05) is 27.3 Å². The van der Waals surface area contributed by atoms with Crippen molar-refractivity contribution in [2.24, 2.45) is 5.92 Å². The summed E-state index contributed by atoms with van der Waals surface area (Å²) in [6.07, 6.45) is 0.960. The fourth-order valence-electron chi connectivity index (χ4n) is 3.06. The predicted molar refractivity (Wildman–Crippen MR) is 91.2 cm³/mol. The zero-order chi connectivity index (χ0) is 17.0. The molecule has 0 saturated carbocycles. The molecule has 6 heteroatoms. The first kappa shape index (κ1) is 17.9. The van der Waals surface area contributed by atoms with Crippen molar-refractivity contribution < 1.29 is 14.3 Å². The topological polar surface area (TPSA) is 50.8 Å². The van der Waals surface area contributed by atoms with E-state index in [9.17, 15) is 4.79 Å². The van der Waals surface area contributed by atoms with E-state index in [0.717, 1.165) is 25.1 Å². The van der Waals surface area contributed by atoms with Gasteiger partial charge in [0, 0.05) is 32.6 Å². The average Bonchev–Trinajstić information content (AvgIpc) is 2.52. The number of halogens is 1. The Morgan fingerprint density at radius 3 is 2.70 bits per heavy atom. The number of carbonyl (C=O) groups excluding carboxylic acids is 1. The number of likely N-dealkylation sites (tertiary alicyclic amines) is 1. The van der Waals surface area contributed by atoms with E-state index in [1.807, 2.05) is 17.0 Å². The van der Waals surface area contributed by atoms with Gasteiger partial charge in [0.25, 0.3) is 0 Å². The molecule has 2 unspecified atom stereocenters. The molecular formula is C17H25ClN2O3. The molecular weight excluding hydrogens is 316 g/mol. The molecule has 0 bridgehead atoms. The summed E-state index contributed by atoms with van der Waals surface area (Å²) < 4.78 is 10.6. The summed E-state index contributed by atoms with van der Waals surface area (Å²) in [5.41, 5.74) is 1.05. The van der Waals surface area contributed by atoms with Crippen LogP contribution in [0.15, 0.2) is 12.1 Å². The Bertz CT molecular complexity index is 565. The minimum absolute atomic E-state index is 0.155. The first-order chi connectivity index (χ1) is 11.0. The van der Waals surface area contributed by atoms with Crippen molar-refractivity contribution in [2.45, 2.75) is 32.9 Å². The molecule has 0 radical (unpaired) electrons. The van der Waals surface area contributed by atoms with Gasteiger partial charge in [0.2, 0.25) is 5.91 Å². The standard InChI is InChI=1S/C17H25ClN2O3/c1-11-10-20(12(2)21)6-5-15(11)19-9-13-7-14(18)17(23-4)16(8-13)22-3/h7-8,11,15,19H,5-6,9-10H2,1-4H3. The number of benzene rings is 1. The Morgan fingerprint density at radius 2 is 2.13 bits per heavy atom. The summed E-state index contributed by atoms with van der Waals surface area (Å²) in [4.78, 5) is 13.4. The molecule has 1 saturated heterocycles. The Balaban J connectivity index is 1.99. The number of rotatable bonds is 5. The van der Waals surface area contributed by atoms with E-state index in [0.29, 0.717) is 35.0 Å². The second-order valence-corrected chi connectivity index (χ2v) is 6.44. The summed E-state index contributed by atoms with van der Waals surface area (Å²) in [5.74, 6) is 1.77. The Hall–Kier alpha value is -1.46. The molecule has 128 valence electrons. The summed E-state index contributed by atoms with van der Waals surface area (Å²) in [6.45, 7) is 6.12. The minimum Gasteiger partial charge on any atom is -0.493 e. The number of amides is 1. The highest BCUT2D eigenvalue weighted by atomic mass is 35.5. The van der Waals surface area contributed by atoms with Crippen LogP contribution in [0.5, 0.6) is 11.5 Å². The number of nitrogens with one attached hydrogen (secondary N) is 1. The SMILES string of the molecule is COc1cc(CNC2CCN(C(C)=O)CC2C)cc(Cl)c1OC. The van der Waals surface area contributed by atoms with E-state index in [4.69, 9.17) is 21.1 Å². The molecule has 1 aromatic carbocycles. The Morgan fingerprint density at radius 1 is 1.39 bits per heavy atom. The van der Waals surface area contributed by atoms with Crippen molar-refractivity contribution in [1.29, 1.82) is 0 Å². The molecule has 1 aliphatic rings. The Labute approximate surface area is 142 Å². The van der Waals surface area contributed by atoms with Gasteiger partial charge in [-0.1, -0.05) is 18.5 Å². The van der Waals surface area contributed by atoms with Crippen LogP contribution < -0.4 is 14.8 Å². The molecule has 1 heterocycles. The molecule has 1 N–H and O–H groups in total. The maximum atomic E-state index is 11.5. The predicted octanol–water partition coefficient (Wildman–Crippen LogP) is 2.70. The fourth-order valence-corrected chi connectivity index (χ4v) is 3.37. The second kappa shape index (κ2) is 7.88. The molecule has 2 atom stereocenters. The van der Waals surface area contributed by atoms with Crippen molar-refractivity contribution in [3.63, 3.8) is 0 Å². The molecule has 0 spiro atoms. The van der Waals surface area contributed by atoms with Crippen molar-refractivity contribution in [1.82, 2.24) is 10.2 Å². The molecule has 2 rings (SSSR count). The lowest BCUT2D eigenvalue weighted by Crippen LogP contribution is -2.49. The maximum absolute atomic E-state index is 11.5. The maximum Gasteiger partial charge on any atom is 0.219 e. The van der Waals surface area contributed by atoms with Gasteiger partial charge in [-0.2, -0.15) is 0 Å². The van der Waals surface area contributed by atoms with Crippen LogP contribution in [0, 0.1) is 5.92 Å². The first-order valence-corrected chi connectivity index (χ1v) is 8.23. The van der Waals surface area contributed by atoms with E-state index in [2.05, 4.69) is 12.2 Å². The summed E-state index contributed by atoms with van der Waals surface area (Å²) in [5, 5.41) is 4.11. The molecule has 1 aromatic rings. The number of carbonyl (C=O) groups is 1. The van der Waals surface area contributed by atoms with Gasteiger partial charge in [-0.25, -0.2) is 0 Å². The van der Waals surface area contributed by atoms with Crippen LogP contribution in [0.1, 0.15) is 25.8 Å². The van der Waals surface area contributed by atoms with Gasteiger partial charge < -0.3 is 19.7 Å². The number of hydrogen-bond donors (Lipinski definition) is 1. The lowest BCUT2D eigenvalue weighted by molar-refractivity contribution is -0.130. The largest absolute Gasteiger partial charge is 0.493 e. The Kier molecular flexibility index (Phi) is 6.13. The summed E-state index contributed by atoms with van der Waals surface area (Å²) >= 11 is 6.24. The highest BCUT2D eigenvalue weighted by molar-refractivity contribution is 6.32. The molecule has 0 aliphatic carbocycles. The van der Waals surface area contributed by atoms with Crippen LogP contribution in [0.25, 0.3) is 0 Å². The average molecular weight is 341 g/mol. The third-order valence-electron chi connectivity index (χ3n) is 4.41. The van der Waals surface area contributed by atoms with E-state index in [1.165, 1.54) is 0 Å². The van der Waals surface area contributed by atoms with Crippen LogP contribution >= 0.6 is 11.6 Å². The van der Waals surface area contributed by atoms with Crippen molar-refractivity contribution in [3.8, 4) is 11.5 Å². The van der Waals surface area contributed by atoms with Crippen LogP contribution in [-0.2, 0) is 11.3 Å². The van der Waals surface area contributed by atoms with Crippen LogP contribution in [0.3, 0.4) is 0 Å². The smallest absolute Gasteiger partial charge is 0.219 e. The molecule has 1 aliphatic heterocycles. The van der Waals surface area contributed by atoms with E-state index in [-0.39, 0.29) is 5.91 Å². The normalized spacial score (nSPS) is 21.2. The second-order valence-electron chi connectivity index (χ2n) is 6.03. The number of piperidine rings is 1. The lowest BCUT2D eigenvalue weighted by Gasteiger charge is -2.37. The third kappa shape index (κ3) is 4.30. The lowest BCUT2D eigenvalue weighted by atomic mass is 9.93. The van der Waals surface area contributed by atoms with Gasteiger partial charge >= 0.3 is 0 Å². The zero-order valence-corrected chi connectivity index (χ0v) is 14.9. The van der Waals surface area contributed by atoms with Gasteiger partial charge in [0.05, 0.1) is 19.2 Å². The van der Waals surface area contributed by atoms with Crippen LogP contribution in [-0.4, -0.2) is 44.2 Å². The highest BCUT2D eigenvalue weighted by Gasteiger charge is 2.26. The molecule has 1 fully saturated rings. The highest BCUT2D eigenvalue weighted by Crippen LogP contribution is 2.36. The number of ether oxygens (including phenoxy) is 2. The van der Waals surface area contributed by atoms with Gasteiger partial charge in [-0.3, -0.25) is 4.79 Å². The van der Waals surface area contributed by atoms with Gasteiger partial charge in [-0.15, -0.1) is 0 Å². The summed E-state index contributed by atoms with van der Waals surface area (Å²) in [7, 11) is 3.18. The van der Waals surface area contributed by atoms with E-state index in [1.54, 1.807) is 21.1 Å². The summed E-state index contributed by atoms with van der Waals surface area (Å²) in [6, 6.07) is 4.22. The zero-order valence-electron chi connectivity index (χ0n) is 14.2. The molecule has 23 heavy (non-hydrogen) atoms. The number of hydrogen-bond acceptors (Lipinski definition) is 4. The van der Waals surface area contributed by atoms with Gasteiger partial charge in [0.15, 0.2) is 11.5 Å².